The number of fused-ring (bicyclic) bond motifs is 1. The minimum absolute atomic E-state index is 0.0752. The zero-order valence-corrected chi connectivity index (χ0v) is 19.2. The van der Waals surface area contributed by atoms with Crippen molar-refractivity contribution < 1.29 is 14.3 Å². The summed E-state index contributed by atoms with van der Waals surface area (Å²) in [4.78, 5) is 22.4. The van der Waals surface area contributed by atoms with E-state index in [0.29, 0.717) is 13.0 Å². The van der Waals surface area contributed by atoms with Gasteiger partial charge in [-0.2, -0.15) is 0 Å². The van der Waals surface area contributed by atoms with E-state index in [0.717, 1.165) is 65.1 Å². The minimum Gasteiger partial charge on any atom is -0.497 e. The molecule has 0 radical (unpaired) electrons. The van der Waals surface area contributed by atoms with Gasteiger partial charge in [0.2, 0.25) is 5.91 Å². The van der Waals surface area contributed by atoms with Crippen molar-refractivity contribution in [3.05, 3.63) is 53.1 Å². The second kappa shape index (κ2) is 9.77. The SMILES string of the molecule is COc1ccc2sc(N(CCN3CCOCC3)C(=O)Cc3ccc(C)cc3C)nc2c1. The summed E-state index contributed by atoms with van der Waals surface area (Å²) in [6.45, 7) is 8.85. The highest BCUT2D eigenvalue weighted by atomic mass is 32.1. The predicted octanol–water partition coefficient (Wildman–Crippen LogP) is 3.83. The van der Waals surface area contributed by atoms with Crippen molar-refractivity contribution in [2.24, 2.45) is 0 Å². The van der Waals surface area contributed by atoms with Crippen LogP contribution in [0.4, 0.5) is 5.13 Å². The summed E-state index contributed by atoms with van der Waals surface area (Å²) in [5, 5.41) is 0.742. The maximum atomic E-state index is 13.4. The number of anilines is 1. The summed E-state index contributed by atoms with van der Waals surface area (Å²) in [5.41, 5.74) is 4.28. The van der Waals surface area contributed by atoms with Crippen molar-refractivity contribution in [3.8, 4) is 5.75 Å². The van der Waals surface area contributed by atoms with Crippen molar-refractivity contribution in [1.82, 2.24) is 9.88 Å². The lowest BCUT2D eigenvalue weighted by Crippen LogP contribution is -2.43. The Morgan fingerprint density at radius 3 is 2.74 bits per heavy atom. The number of thiazole rings is 1. The Labute approximate surface area is 187 Å². The maximum absolute atomic E-state index is 13.4. The first-order valence-corrected chi connectivity index (χ1v) is 11.5. The van der Waals surface area contributed by atoms with Crippen LogP contribution in [0.1, 0.15) is 16.7 Å². The van der Waals surface area contributed by atoms with Gasteiger partial charge in [-0.05, 0) is 37.1 Å². The van der Waals surface area contributed by atoms with Gasteiger partial charge in [0.15, 0.2) is 5.13 Å². The summed E-state index contributed by atoms with van der Waals surface area (Å²) in [6, 6.07) is 12.1. The summed E-state index contributed by atoms with van der Waals surface area (Å²) in [6.07, 6.45) is 0.370. The number of carbonyl (C=O) groups is 1. The van der Waals surface area contributed by atoms with Crippen LogP contribution in [0.5, 0.6) is 5.75 Å². The molecule has 0 saturated carbocycles. The number of nitrogens with zero attached hydrogens (tertiary/aromatic N) is 3. The Morgan fingerprint density at radius 1 is 1.19 bits per heavy atom. The predicted molar refractivity (Wildman–Crippen MR) is 125 cm³/mol. The molecular formula is C24H29N3O3S. The standard InChI is InChI=1S/C24H29N3O3S/c1-17-4-5-19(18(2)14-17)15-23(28)27(9-8-26-10-12-30-13-11-26)24-25-21-16-20(29-3)6-7-22(21)31-24/h4-7,14,16H,8-13,15H2,1-3H3. The molecule has 4 rings (SSSR count). The molecule has 0 N–H and O–H groups in total. The second-order valence-corrected chi connectivity index (χ2v) is 8.95. The number of hydrogen-bond acceptors (Lipinski definition) is 6. The number of rotatable bonds is 7. The molecule has 1 aromatic heterocycles. The van der Waals surface area contributed by atoms with E-state index < -0.39 is 0 Å². The molecule has 0 atom stereocenters. The third-order valence-corrected chi connectivity index (χ3v) is 6.76. The maximum Gasteiger partial charge on any atom is 0.233 e. The van der Waals surface area contributed by atoms with Crippen LogP contribution in [-0.4, -0.2) is 62.3 Å². The second-order valence-electron chi connectivity index (χ2n) is 7.94. The lowest BCUT2D eigenvalue weighted by atomic mass is 10.0. The molecule has 2 aromatic carbocycles. The van der Waals surface area contributed by atoms with Gasteiger partial charge in [-0.15, -0.1) is 0 Å². The van der Waals surface area contributed by atoms with Gasteiger partial charge in [0, 0.05) is 32.2 Å². The number of aromatic nitrogens is 1. The van der Waals surface area contributed by atoms with Crippen molar-refractivity contribution in [2.45, 2.75) is 20.3 Å². The fourth-order valence-corrected chi connectivity index (χ4v) is 4.82. The van der Waals surface area contributed by atoms with E-state index in [9.17, 15) is 4.79 Å². The third-order valence-electron chi connectivity index (χ3n) is 5.70. The topological polar surface area (TPSA) is 54.9 Å². The van der Waals surface area contributed by atoms with Gasteiger partial charge >= 0.3 is 0 Å². The van der Waals surface area contributed by atoms with Crippen LogP contribution < -0.4 is 9.64 Å². The molecule has 3 aromatic rings. The molecule has 6 nitrogen and oxygen atoms in total. The number of aryl methyl sites for hydroxylation is 2. The number of hydrogen-bond donors (Lipinski definition) is 0. The van der Waals surface area contributed by atoms with E-state index in [-0.39, 0.29) is 5.91 Å². The number of morpholine rings is 1. The fraction of sp³-hybridized carbons (Fsp3) is 0.417. The monoisotopic (exact) mass is 439 g/mol. The molecule has 0 spiro atoms. The van der Waals surface area contributed by atoms with Crippen LogP contribution in [-0.2, 0) is 16.0 Å². The zero-order valence-electron chi connectivity index (χ0n) is 18.4. The van der Waals surface area contributed by atoms with E-state index >= 15 is 0 Å². The smallest absolute Gasteiger partial charge is 0.233 e. The quantitative estimate of drug-likeness (QED) is 0.560. The lowest BCUT2D eigenvalue weighted by molar-refractivity contribution is -0.118. The molecule has 2 heterocycles. The van der Waals surface area contributed by atoms with E-state index in [1.807, 2.05) is 23.1 Å². The zero-order chi connectivity index (χ0) is 21.8. The van der Waals surface area contributed by atoms with E-state index in [4.69, 9.17) is 14.5 Å². The Kier molecular flexibility index (Phi) is 6.85. The molecule has 31 heavy (non-hydrogen) atoms. The number of carbonyl (C=O) groups excluding carboxylic acids is 1. The van der Waals surface area contributed by atoms with Gasteiger partial charge in [-0.25, -0.2) is 4.98 Å². The third kappa shape index (κ3) is 5.23. The highest BCUT2D eigenvalue weighted by Gasteiger charge is 2.22. The highest BCUT2D eigenvalue weighted by Crippen LogP contribution is 2.31. The average Bonchev–Trinajstić information content (AvgIpc) is 3.19. The first kappa shape index (κ1) is 21.7. The summed E-state index contributed by atoms with van der Waals surface area (Å²) >= 11 is 1.55. The fourth-order valence-electron chi connectivity index (χ4n) is 3.83. The van der Waals surface area contributed by atoms with E-state index in [2.05, 4.69) is 36.9 Å². The number of amides is 1. The van der Waals surface area contributed by atoms with Gasteiger partial charge in [0.1, 0.15) is 5.75 Å². The molecule has 1 aliphatic heterocycles. The summed E-state index contributed by atoms with van der Waals surface area (Å²) < 4.78 is 11.8. The highest BCUT2D eigenvalue weighted by molar-refractivity contribution is 7.22. The lowest BCUT2D eigenvalue weighted by Gasteiger charge is -2.29. The normalized spacial score (nSPS) is 14.7. The minimum atomic E-state index is 0.0752. The molecule has 1 saturated heterocycles. The van der Waals surface area contributed by atoms with E-state index in [1.165, 1.54) is 5.56 Å². The molecule has 0 unspecified atom stereocenters. The Hall–Kier alpha value is -2.48. The molecule has 7 heteroatoms. The first-order chi connectivity index (χ1) is 15.0. The van der Waals surface area contributed by atoms with Gasteiger partial charge in [0.05, 0.1) is 37.0 Å². The van der Waals surface area contributed by atoms with Crippen molar-refractivity contribution in [1.29, 1.82) is 0 Å². The Balaban J connectivity index is 1.59. The van der Waals surface area contributed by atoms with Crippen LogP contribution in [0, 0.1) is 13.8 Å². The number of methoxy groups -OCH3 is 1. The van der Waals surface area contributed by atoms with Crippen LogP contribution in [0.3, 0.4) is 0 Å². The van der Waals surface area contributed by atoms with Crippen LogP contribution in [0.25, 0.3) is 10.2 Å². The molecule has 164 valence electrons. The largest absolute Gasteiger partial charge is 0.497 e. The molecule has 1 fully saturated rings. The van der Waals surface area contributed by atoms with Crippen LogP contribution >= 0.6 is 11.3 Å². The average molecular weight is 440 g/mol. The molecular weight excluding hydrogens is 410 g/mol. The number of ether oxygens (including phenoxy) is 2. The molecule has 0 bridgehead atoms. The molecule has 0 aliphatic carbocycles. The Bertz CT molecular complexity index is 1060. The molecule has 1 amide bonds. The number of benzene rings is 2. The Morgan fingerprint density at radius 2 is 2.00 bits per heavy atom. The van der Waals surface area contributed by atoms with Crippen LogP contribution in [0.2, 0.25) is 0 Å². The van der Waals surface area contributed by atoms with Gasteiger partial charge in [-0.1, -0.05) is 35.1 Å². The van der Waals surface area contributed by atoms with Gasteiger partial charge in [-0.3, -0.25) is 14.6 Å². The van der Waals surface area contributed by atoms with Gasteiger partial charge in [0.25, 0.3) is 0 Å². The van der Waals surface area contributed by atoms with Gasteiger partial charge < -0.3 is 9.47 Å². The first-order valence-electron chi connectivity index (χ1n) is 10.6. The summed E-state index contributed by atoms with van der Waals surface area (Å²) in [7, 11) is 1.65. The van der Waals surface area contributed by atoms with Crippen molar-refractivity contribution in [2.75, 3.05) is 51.4 Å². The van der Waals surface area contributed by atoms with E-state index in [1.54, 1.807) is 18.4 Å². The van der Waals surface area contributed by atoms with Crippen LogP contribution in [0.15, 0.2) is 36.4 Å². The van der Waals surface area contributed by atoms with Crippen molar-refractivity contribution >= 4 is 32.6 Å². The summed E-state index contributed by atoms with van der Waals surface area (Å²) in [5.74, 6) is 0.844. The molecule has 1 aliphatic rings. The van der Waals surface area contributed by atoms with Crippen molar-refractivity contribution in [3.63, 3.8) is 0 Å².